The summed E-state index contributed by atoms with van der Waals surface area (Å²) in [5.74, 6) is -0.296. The summed E-state index contributed by atoms with van der Waals surface area (Å²) in [7, 11) is 0. The van der Waals surface area contributed by atoms with Crippen LogP contribution in [-0.4, -0.2) is 10.5 Å². The van der Waals surface area contributed by atoms with Gasteiger partial charge in [-0.1, -0.05) is 12.1 Å². The summed E-state index contributed by atoms with van der Waals surface area (Å²) in [6, 6.07) is 5.80. The largest absolute Gasteiger partial charge is 0.388 e. The zero-order valence-electron chi connectivity index (χ0n) is 7.37. The molecule has 0 aliphatic heterocycles. The molecule has 72 valence electrons. The number of hydrogen-bond acceptors (Lipinski definition) is 1. The number of aliphatic hydroxyl groups is 1. The fraction of sp³-hybridized carbons (Fsp3) is 0.400. The molecule has 0 fully saturated rings. The first-order valence-corrected chi connectivity index (χ1v) is 4.61. The molecule has 0 aliphatic carbocycles. The highest BCUT2D eigenvalue weighted by Crippen LogP contribution is 2.20. The van der Waals surface area contributed by atoms with E-state index in [1.54, 1.807) is 12.1 Å². The van der Waals surface area contributed by atoms with E-state index in [1.807, 2.05) is 6.92 Å². The van der Waals surface area contributed by atoms with E-state index in [-0.39, 0.29) is 11.2 Å². The highest BCUT2D eigenvalue weighted by atomic mass is 35.5. The van der Waals surface area contributed by atoms with E-state index in [9.17, 15) is 9.50 Å². The Morgan fingerprint density at radius 3 is 2.38 bits per heavy atom. The van der Waals surface area contributed by atoms with Gasteiger partial charge in [-0.15, -0.1) is 11.6 Å². The van der Waals surface area contributed by atoms with Gasteiger partial charge in [0.15, 0.2) is 0 Å². The molecule has 0 saturated heterocycles. The van der Waals surface area contributed by atoms with Crippen molar-refractivity contribution < 1.29 is 9.50 Å². The monoisotopic (exact) mass is 202 g/mol. The van der Waals surface area contributed by atoms with Gasteiger partial charge in [0.05, 0.1) is 6.10 Å². The second-order valence-electron chi connectivity index (χ2n) is 3.08. The van der Waals surface area contributed by atoms with Crippen LogP contribution in [0.4, 0.5) is 4.39 Å². The summed E-state index contributed by atoms with van der Waals surface area (Å²) >= 11 is 5.72. The zero-order chi connectivity index (χ0) is 9.84. The molecular weight excluding hydrogens is 191 g/mol. The Bertz CT molecular complexity index is 258. The van der Waals surface area contributed by atoms with Crippen molar-refractivity contribution in [1.82, 2.24) is 0 Å². The molecule has 1 aromatic carbocycles. The van der Waals surface area contributed by atoms with E-state index < -0.39 is 6.10 Å². The molecule has 0 bridgehead atoms. The quantitative estimate of drug-likeness (QED) is 0.748. The Hall–Kier alpha value is -0.600. The molecule has 3 heteroatoms. The van der Waals surface area contributed by atoms with Gasteiger partial charge in [0, 0.05) is 5.38 Å². The minimum Gasteiger partial charge on any atom is -0.388 e. The van der Waals surface area contributed by atoms with E-state index in [0.717, 1.165) is 0 Å². The SMILES string of the molecule is CC(Cl)CC(O)c1ccc(F)cc1. The van der Waals surface area contributed by atoms with Crippen molar-refractivity contribution in [3.63, 3.8) is 0 Å². The minimum absolute atomic E-state index is 0.0833. The van der Waals surface area contributed by atoms with Crippen molar-refractivity contribution in [3.05, 3.63) is 35.6 Å². The van der Waals surface area contributed by atoms with E-state index in [4.69, 9.17) is 11.6 Å². The molecule has 0 spiro atoms. The molecule has 1 N–H and O–H groups in total. The average molecular weight is 203 g/mol. The van der Waals surface area contributed by atoms with Gasteiger partial charge in [0.1, 0.15) is 5.82 Å². The maximum absolute atomic E-state index is 12.5. The van der Waals surface area contributed by atoms with Crippen LogP contribution in [0.25, 0.3) is 0 Å². The third-order valence-corrected chi connectivity index (χ3v) is 1.98. The number of aliphatic hydroxyl groups excluding tert-OH is 1. The number of hydrogen-bond donors (Lipinski definition) is 1. The van der Waals surface area contributed by atoms with Crippen LogP contribution in [0.15, 0.2) is 24.3 Å². The predicted octanol–water partition coefficient (Wildman–Crippen LogP) is 2.88. The fourth-order valence-corrected chi connectivity index (χ4v) is 1.30. The molecule has 1 nitrogen and oxygen atoms in total. The molecule has 1 aromatic rings. The van der Waals surface area contributed by atoms with Gasteiger partial charge in [-0.3, -0.25) is 0 Å². The average Bonchev–Trinajstić information content (AvgIpc) is 2.04. The molecule has 2 unspecified atom stereocenters. The Morgan fingerprint density at radius 1 is 1.38 bits per heavy atom. The smallest absolute Gasteiger partial charge is 0.123 e. The Morgan fingerprint density at radius 2 is 1.92 bits per heavy atom. The Kier molecular flexibility index (Phi) is 3.70. The van der Waals surface area contributed by atoms with Crippen molar-refractivity contribution in [1.29, 1.82) is 0 Å². The molecule has 2 atom stereocenters. The van der Waals surface area contributed by atoms with Gasteiger partial charge >= 0.3 is 0 Å². The standard InChI is InChI=1S/C10H12ClFO/c1-7(11)6-10(13)8-2-4-9(12)5-3-8/h2-5,7,10,13H,6H2,1H3. The number of alkyl halides is 1. The Labute approximate surface area is 82.2 Å². The predicted molar refractivity (Wildman–Crippen MR) is 51.3 cm³/mol. The summed E-state index contributed by atoms with van der Waals surface area (Å²) in [5.41, 5.74) is 0.703. The van der Waals surface area contributed by atoms with Crippen LogP contribution in [0.3, 0.4) is 0 Å². The summed E-state index contributed by atoms with van der Waals surface area (Å²) in [5, 5.41) is 9.49. The van der Waals surface area contributed by atoms with Crippen molar-refractivity contribution in [3.8, 4) is 0 Å². The molecule has 0 amide bonds. The lowest BCUT2D eigenvalue weighted by atomic mass is 10.1. The molecule has 0 radical (unpaired) electrons. The maximum atomic E-state index is 12.5. The van der Waals surface area contributed by atoms with Crippen molar-refractivity contribution in [2.24, 2.45) is 0 Å². The maximum Gasteiger partial charge on any atom is 0.123 e. The summed E-state index contributed by atoms with van der Waals surface area (Å²) < 4.78 is 12.5. The molecule has 0 heterocycles. The first-order chi connectivity index (χ1) is 6.09. The number of benzene rings is 1. The van der Waals surface area contributed by atoms with Gasteiger partial charge < -0.3 is 5.11 Å². The van der Waals surface area contributed by atoms with E-state index >= 15 is 0 Å². The number of rotatable bonds is 3. The van der Waals surface area contributed by atoms with E-state index in [0.29, 0.717) is 12.0 Å². The van der Waals surface area contributed by atoms with Gasteiger partial charge in [0.25, 0.3) is 0 Å². The normalized spacial score (nSPS) is 15.4. The first-order valence-electron chi connectivity index (χ1n) is 4.17. The topological polar surface area (TPSA) is 20.2 Å². The third-order valence-electron chi connectivity index (χ3n) is 1.80. The molecule has 0 saturated carbocycles. The van der Waals surface area contributed by atoms with Crippen LogP contribution >= 0.6 is 11.6 Å². The van der Waals surface area contributed by atoms with Crippen molar-refractivity contribution in [2.45, 2.75) is 24.8 Å². The first kappa shape index (κ1) is 10.5. The zero-order valence-corrected chi connectivity index (χ0v) is 8.13. The van der Waals surface area contributed by atoms with Crippen LogP contribution in [-0.2, 0) is 0 Å². The van der Waals surface area contributed by atoms with E-state index in [1.165, 1.54) is 12.1 Å². The highest BCUT2D eigenvalue weighted by Gasteiger charge is 2.10. The fourth-order valence-electron chi connectivity index (χ4n) is 1.13. The van der Waals surface area contributed by atoms with Crippen LogP contribution in [0.1, 0.15) is 25.0 Å². The summed E-state index contributed by atoms with van der Waals surface area (Å²) in [6.45, 7) is 1.81. The minimum atomic E-state index is -0.604. The third kappa shape index (κ3) is 3.33. The van der Waals surface area contributed by atoms with Gasteiger partial charge in [-0.25, -0.2) is 4.39 Å². The summed E-state index contributed by atoms with van der Waals surface area (Å²) in [4.78, 5) is 0. The lowest BCUT2D eigenvalue weighted by Gasteiger charge is -2.11. The van der Waals surface area contributed by atoms with Crippen LogP contribution in [0.5, 0.6) is 0 Å². The highest BCUT2D eigenvalue weighted by molar-refractivity contribution is 6.20. The van der Waals surface area contributed by atoms with E-state index in [2.05, 4.69) is 0 Å². The molecule has 1 rings (SSSR count). The van der Waals surface area contributed by atoms with Gasteiger partial charge in [-0.2, -0.15) is 0 Å². The molecular formula is C10H12ClFO. The van der Waals surface area contributed by atoms with Gasteiger partial charge in [-0.05, 0) is 31.0 Å². The summed E-state index contributed by atoms with van der Waals surface area (Å²) in [6.07, 6.45) is -0.124. The molecule has 0 aliphatic rings. The lowest BCUT2D eigenvalue weighted by molar-refractivity contribution is 0.167. The Balaban J connectivity index is 2.66. The van der Waals surface area contributed by atoms with Crippen LogP contribution < -0.4 is 0 Å². The van der Waals surface area contributed by atoms with Crippen molar-refractivity contribution >= 4 is 11.6 Å². The number of halogens is 2. The molecule has 0 aromatic heterocycles. The lowest BCUT2D eigenvalue weighted by Crippen LogP contribution is -2.03. The van der Waals surface area contributed by atoms with Crippen molar-refractivity contribution in [2.75, 3.05) is 0 Å². The van der Waals surface area contributed by atoms with Crippen LogP contribution in [0, 0.1) is 5.82 Å². The second kappa shape index (κ2) is 4.58. The molecule has 13 heavy (non-hydrogen) atoms. The second-order valence-corrected chi connectivity index (χ2v) is 3.83. The van der Waals surface area contributed by atoms with Gasteiger partial charge in [0.2, 0.25) is 0 Å². The van der Waals surface area contributed by atoms with Crippen LogP contribution in [0.2, 0.25) is 0 Å².